The number of pyridine rings is 1. The van der Waals surface area contributed by atoms with E-state index in [1.807, 2.05) is 0 Å². The summed E-state index contributed by atoms with van der Waals surface area (Å²) in [7, 11) is 0. The molecule has 0 atom stereocenters. The molecule has 0 aliphatic heterocycles. The summed E-state index contributed by atoms with van der Waals surface area (Å²) in [6.07, 6.45) is 1.86. The van der Waals surface area contributed by atoms with Gasteiger partial charge in [-0.3, -0.25) is 4.79 Å². The molecule has 0 unspecified atom stereocenters. The van der Waals surface area contributed by atoms with E-state index in [1.165, 1.54) is 6.20 Å². The van der Waals surface area contributed by atoms with Crippen molar-refractivity contribution in [3.63, 3.8) is 0 Å². The van der Waals surface area contributed by atoms with Gasteiger partial charge in [-0.15, -0.1) is 0 Å². The second-order valence-corrected chi connectivity index (χ2v) is 2.70. The molecular weight excluding hydrogens is 176 g/mol. The lowest BCUT2D eigenvalue weighted by Crippen LogP contribution is -2.04. The van der Waals surface area contributed by atoms with Crippen molar-refractivity contribution in [1.29, 1.82) is 0 Å². The number of aromatic nitrogens is 1. The van der Waals surface area contributed by atoms with Crippen LogP contribution in [-0.4, -0.2) is 10.8 Å². The molecule has 0 bridgehead atoms. The number of nitrogens with zero attached hydrogens (tertiary/aromatic N) is 1. The molecule has 0 saturated carbocycles. The van der Waals surface area contributed by atoms with Crippen molar-refractivity contribution in [2.75, 3.05) is 5.73 Å². The fourth-order valence-corrected chi connectivity index (χ4v) is 1.17. The molecule has 1 heterocycles. The second-order valence-electron chi connectivity index (χ2n) is 2.34. The van der Waals surface area contributed by atoms with Crippen molar-refractivity contribution in [2.45, 2.75) is 13.3 Å². The molecule has 12 heavy (non-hydrogen) atoms. The highest BCUT2D eigenvalue weighted by atomic mass is 35.5. The Bertz CT molecular complexity index is 292. The van der Waals surface area contributed by atoms with Gasteiger partial charge in [0.25, 0.3) is 0 Å². The van der Waals surface area contributed by atoms with E-state index >= 15 is 0 Å². The first-order valence-electron chi connectivity index (χ1n) is 3.60. The van der Waals surface area contributed by atoms with Crippen molar-refractivity contribution < 1.29 is 4.79 Å². The molecule has 3 nitrogen and oxygen atoms in total. The van der Waals surface area contributed by atoms with E-state index < -0.39 is 0 Å². The van der Waals surface area contributed by atoms with Gasteiger partial charge in [0.15, 0.2) is 5.78 Å². The smallest absolute Gasteiger partial charge is 0.167 e. The average molecular weight is 185 g/mol. The van der Waals surface area contributed by atoms with Gasteiger partial charge in [0.2, 0.25) is 0 Å². The highest BCUT2D eigenvalue weighted by Crippen LogP contribution is 2.20. The van der Waals surface area contributed by atoms with E-state index in [0.29, 0.717) is 17.7 Å². The largest absolute Gasteiger partial charge is 0.398 e. The number of hydrogen-bond donors (Lipinski definition) is 1. The maximum atomic E-state index is 11.3. The molecule has 0 aliphatic rings. The van der Waals surface area contributed by atoms with Crippen LogP contribution < -0.4 is 5.73 Å². The lowest BCUT2D eigenvalue weighted by atomic mass is 10.1. The third kappa shape index (κ3) is 1.56. The lowest BCUT2D eigenvalue weighted by molar-refractivity contribution is 0.0989. The molecule has 64 valence electrons. The van der Waals surface area contributed by atoms with Crippen molar-refractivity contribution in [3.05, 3.63) is 23.0 Å². The Morgan fingerprint density at radius 1 is 1.75 bits per heavy atom. The fraction of sp³-hybridized carbons (Fsp3) is 0.250. The normalized spacial score (nSPS) is 9.83. The lowest BCUT2D eigenvalue weighted by Gasteiger charge is -2.03. The van der Waals surface area contributed by atoms with Crippen LogP contribution in [0.25, 0.3) is 0 Å². The van der Waals surface area contributed by atoms with Crippen molar-refractivity contribution >= 4 is 23.1 Å². The topological polar surface area (TPSA) is 56.0 Å². The molecular formula is C8H9ClN2O. The molecule has 0 fully saturated rings. The highest BCUT2D eigenvalue weighted by Gasteiger charge is 2.12. The highest BCUT2D eigenvalue weighted by molar-refractivity contribution is 6.33. The van der Waals surface area contributed by atoms with Crippen LogP contribution in [0.1, 0.15) is 23.7 Å². The number of nitrogens with two attached hydrogens (primary N) is 1. The van der Waals surface area contributed by atoms with Crippen LogP contribution in [0.15, 0.2) is 12.3 Å². The van der Waals surface area contributed by atoms with Gasteiger partial charge < -0.3 is 5.73 Å². The Morgan fingerprint density at radius 3 is 2.92 bits per heavy atom. The number of Topliss-reactive ketones (excluding diaryl/α,β-unsaturated/α-hetero) is 1. The Balaban J connectivity index is 3.21. The van der Waals surface area contributed by atoms with Gasteiger partial charge in [-0.1, -0.05) is 18.5 Å². The summed E-state index contributed by atoms with van der Waals surface area (Å²) in [5.41, 5.74) is 6.28. The van der Waals surface area contributed by atoms with Gasteiger partial charge in [0, 0.05) is 18.3 Å². The van der Waals surface area contributed by atoms with Gasteiger partial charge in [0.05, 0.1) is 5.56 Å². The van der Waals surface area contributed by atoms with Gasteiger partial charge in [0.1, 0.15) is 5.15 Å². The standard InChI is InChI=1S/C8H9ClN2O/c1-2-6(12)7-5(10)3-4-11-8(7)9/h3-4H,2H2,1H3,(H2,10,11). The SMILES string of the molecule is CCC(=O)c1c(N)ccnc1Cl. The number of carbonyl (C=O) groups is 1. The molecule has 0 radical (unpaired) electrons. The summed E-state index contributed by atoms with van der Waals surface area (Å²) in [5.74, 6) is -0.0781. The molecule has 0 aliphatic carbocycles. The molecule has 2 N–H and O–H groups in total. The van der Waals surface area contributed by atoms with E-state index in [2.05, 4.69) is 4.98 Å². The van der Waals surface area contributed by atoms with Gasteiger partial charge >= 0.3 is 0 Å². The Kier molecular flexibility index (Phi) is 2.65. The molecule has 0 amide bonds. The van der Waals surface area contributed by atoms with Crippen molar-refractivity contribution in [1.82, 2.24) is 4.98 Å². The van der Waals surface area contributed by atoms with Crippen LogP contribution in [0.3, 0.4) is 0 Å². The number of halogens is 1. The van der Waals surface area contributed by atoms with Gasteiger partial charge in [-0.25, -0.2) is 4.98 Å². The number of rotatable bonds is 2. The third-order valence-electron chi connectivity index (χ3n) is 1.54. The Labute approximate surface area is 75.6 Å². The van der Waals surface area contributed by atoms with E-state index in [1.54, 1.807) is 13.0 Å². The zero-order valence-electron chi connectivity index (χ0n) is 6.67. The first-order chi connectivity index (χ1) is 5.66. The number of anilines is 1. The molecule has 1 aromatic rings. The monoisotopic (exact) mass is 184 g/mol. The third-order valence-corrected chi connectivity index (χ3v) is 1.82. The summed E-state index contributed by atoms with van der Waals surface area (Å²) in [6.45, 7) is 1.76. The average Bonchev–Trinajstić information content (AvgIpc) is 2.03. The van der Waals surface area contributed by atoms with Crippen LogP contribution in [0, 0.1) is 0 Å². The minimum Gasteiger partial charge on any atom is -0.398 e. The summed E-state index contributed by atoms with van der Waals surface area (Å²) in [6, 6.07) is 1.56. The van der Waals surface area contributed by atoms with Crippen LogP contribution in [-0.2, 0) is 0 Å². The Morgan fingerprint density at radius 2 is 2.42 bits per heavy atom. The van der Waals surface area contributed by atoms with E-state index in [9.17, 15) is 4.79 Å². The van der Waals surface area contributed by atoms with Crippen LogP contribution in [0.2, 0.25) is 5.15 Å². The maximum Gasteiger partial charge on any atom is 0.167 e. The minimum atomic E-state index is -0.0781. The van der Waals surface area contributed by atoms with E-state index in [4.69, 9.17) is 17.3 Å². The second kappa shape index (κ2) is 3.54. The van der Waals surface area contributed by atoms with Crippen molar-refractivity contribution in [3.8, 4) is 0 Å². The first-order valence-corrected chi connectivity index (χ1v) is 3.97. The molecule has 1 aromatic heterocycles. The fourth-order valence-electron chi connectivity index (χ4n) is 0.903. The zero-order chi connectivity index (χ0) is 9.14. The summed E-state index contributed by atoms with van der Waals surface area (Å²) in [5, 5.41) is 0.182. The van der Waals surface area contributed by atoms with Gasteiger partial charge in [-0.05, 0) is 6.07 Å². The van der Waals surface area contributed by atoms with Gasteiger partial charge in [-0.2, -0.15) is 0 Å². The molecule has 1 rings (SSSR count). The number of carbonyl (C=O) groups excluding carboxylic acids is 1. The van der Waals surface area contributed by atoms with E-state index in [0.717, 1.165) is 0 Å². The predicted octanol–water partition coefficient (Wildman–Crippen LogP) is 1.91. The summed E-state index contributed by atoms with van der Waals surface area (Å²) in [4.78, 5) is 15.0. The number of hydrogen-bond acceptors (Lipinski definition) is 3. The van der Waals surface area contributed by atoms with E-state index in [-0.39, 0.29) is 10.9 Å². The van der Waals surface area contributed by atoms with Crippen LogP contribution in [0.4, 0.5) is 5.69 Å². The molecule has 0 aromatic carbocycles. The van der Waals surface area contributed by atoms with Crippen LogP contribution >= 0.6 is 11.6 Å². The zero-order valence-corrected chi connectivity index (χ0v) is 7.43. The number of ketones is 1. The molecule has 4 heteroatoms. The van der Waals surface area contributed by atoms with Crippen molar-refractivity contribution in [2.24, 2.45) is 0 Å². The molecule has 0 spiro atoms. The maximum absolute atomic E-state index is 11.3. The molecule has 0 saturated heterocycles. The minimum absolute atomic E-state index is 0.0781. The number of nitrogen functional groups attached to an aromatic ring is 1. The predicted molar refractivity (Wildman–Crippen MR) is 48.3 cm³/mol. The Hall–Kier alpha value is -1.09. The first kappa shape index (κ1) is 9.00. The quantitative estimate of drug-likeness (QED) is 0.564. The summed E-state index contributed by atoms with van der Waals surface area (Å²) >= 11 is 5.69. The van der Waals surface area contributed by atoms with Crippen LogP contribution in [0.5, 0.6) is 0 Å². The summed E-state index contributed by atoms with van der Waals surface area (Å²) < 4.78 is 0.